The van der Waals surface area contributed by atoms with Gasteiger partial charge in [-0.3, -0.25) is 4.55 Å². The third-order valence-corrected chi connectivity index (χ3v) is 3.19. The van der Waals surface area contributed by atoms with Gasteiger partial charge < -0.3 is 5.11 Å². The molecular weight excluding hydrogens is 228 g/mol. The van der Waals surface area contributed by atoms with Crippen molar-refractivity contribution in [3.05, 3.63) is 48.0 Å². The summed E-state index contributed by atoms with van der Waals surface area (Å²) in [5.41, 5.74) is -1.72. The van der Waals surface area contributed by atoms with Gasteiger partial charge in [-0.25, -0.2) is 0 Å². The largest absolute Gasteiger partial charge is 0.371 e. The molecule has 0 fully saturated rings. The maximum Gasteiger partial charge on any atom is 0.296 e. The van der Waals surface area contributed by atoms with Crippen molar-refractivity contribution in [2.75, 3.05) is 0 Å². The molecule has 1 atom stereocenters. The van der Waals surface area contributed by atoms with E-state index in [-0.39, 0.29) is 5.56 Å². The zero-order chi connectivity index (χ0) is 11.8. The van der Waals surface area contributed by atoms with Crippen LogP contribution in [0.15, 0.2) is 42.5 Å². The van der Waals surface area contributed by atoms with E-state index < -0.39 is 15.6 Å². The highest BCUT2D eigenvalue weighted by atomic mass is 32.2. The molecule has 2 aromatic rings. The van der Waals surface area contributed by atoms with E-state index in [2.05, 4.69) is 0 Å². The SMILES string of the molecule is O=S(=O)(O)C(O)c1cccc2ccccc12. The zero-order valence-corrected chi connectivity index (χ0v) is 9.05. The minimum atomic E-state index is -4.49. The van der Waals surface area contributed by atoms with Crippen LogP contribution in [0.5, 0.6) is 0 Å². The fourth-order valence-electron chi connectivity index (χ4n) is 1.63. The Morgan fingerprint density at radius 3 is 2.31 bits per heavy atom. The molecule has 2 rings (SSSR count). The van der Waals surface area contributed by atoms with Crippen LogP contribution in [0.4, 0.5) is 0 Å². The van der Waals surface area contributed by atoms with Crippen LogP contribution in [-0.4, -0.2) is 18.1 Å². The Labute approximate surface area is 92.9 Å². The Morgan fingerprint density at radius 2 is 1.62 bits per heavy atom. The Bertz CT molecular complexity index is 613. The number of aliphatic hydroxyl groups excluding tert-OH is 1. The zero-order valence-electron chi connectivity index (χ0n) is 8.24. The topological polar surface area (TPSA) is 74.6 Å². The van der Waals surface area contributed by atoms with Gasteiger partial charge >= 0.3 is 0 Å². The normalized spacial score (nSPS) is 13.9. The smallest absolute Gasteiger partial charge is 0.296 e. The first-order valence-electron chi connectivity index (χ1n) is 4.62. The van der Waals surface area contributed by atoms with Crippen molar-refractivity contribution in [3.63, 3.8) is 0 Å². The second kappa shape index (κ2) is 3.86. The van der Waals surface area contributed by atoms with Gasteiger partial charge in [0.1, 0.15) is 0 Å². The molecule has 0 aliphatic heterocycles. The average molecular weight is 238 g/mol. The molecular formula is C11H10O4S. The number of hydrogen-bond donors (Lipinski definition) is 2. The van der Waals surface area contributed by atoms with E-state index in [1.54, 1.807) is 30.3 Å². The summed E-state index contributed by atoms with van der Waals surface area (Å²) < 4.78 is 30.6. The Kier molecular flexibility index (Phi) is 2.67. The van der Waals surface area contributed by atoms with Crippen LogP contribution in [-0.2, 0) is 10.1 Å². The van der Waals surface area contributed by atoms with Gasteiger partial charge in [0, 0.05) is 5.56 Å². The number of fused-ring (bicyclic) bond motifs is 1. The molecule has 0 radical (unpaired) electrons. The molecule has 84 valence electrons. The predicted octanol–water partition coefficient (Wildman–Crippen LogP) is 1.72. The minimum absolute atomic E-state index is 0.181. The molecule has 0 bridgehead atoms. The Morgan fingerprint density at radius 1 is 1.00 bits per heavy atom. The second-order valence-electron chi connectivity index (χ2n) is 3.44. The predicted molar refractivity (Wildman–Crippen MR) is 60.5 cm³/mol. The third kappa shape index (κ3) is 1.92. The van der Waals surface area contributed by atoms with Crippen molar-refractivity contribution in [3.8, 4) is 0 Å². The van der Waals surface area contributed by atoms with Gasteiger partial charge in [0.25, 0.3) is 10.1 Å². The van der Waals surface area contributed by atoms with Gasteiger partial charge in [0.2, 0.25) is 5.44 Å². The Balaban J connectivity index is 2.70. The van der Waals surface area contributed by atoms with Crippen LogP contribution in [0.25, 0.3) is 10.8 Å². The molecule has 0 heterocycles. The Hall–Kier alpha value is -1.43. The summed E-state index contributed by atoms with van der Waals surface area (Å²) in [7, 11) is -4.49. The molecule has 0 aliphatic carbocycles. The summed E-state index contributed by atoms with van der Waals surface area (Å²) in [6, 6.07) is 11.9. The molecule has 4 nitrogen and oxygen atoms in total. The van der Waals surface area contributed by atoms with Crippen molar-refractivity contribution < 1.29 is 18.1 Å². The van der Waals surface area contributed by atoms with E-state index in [0.717, 1.165) is 5.39 Å². The van der Waals surface area contributed by atoms with Crippen LogP contribution < -0.4 is 0 Å². The van der Waals surface area contributed by atoms with E-state index in [4.69, 9.17) is 4.55 Å². The number of hydrogen-bond acceptors (Lipinski definition) is 3. The van der Waals surface area contributed by atoms with Crippen LogP contribution in [0.3, 0.4) is 0 Å². The molecule has 2 aromatic carbocycles. The van der Waals surface area contributed by atoms with Gasteiger partial charge in [-0.05, 0) is 10.8 Å². The van der Waals surface area contributed by atoms with Gasteiger partial charge in [0.15, 0.2) is 0 Å². The van der Waals surface area contributed by atoms with E-state index in [9.17, 15) is 13.5 Å². The monoisotopic (exact) mass is 238 g/mol. The van der Waals surface area contributed by atoms with Crippen LogP contribution in [0, 0.1) is 0 Å². The van der Waals surface area contributed by atoms with Gasteiger partial charge in [-0.2, -0.15) is 8.42 Å². The van der Waals surface area contributed by atoms with E-state index in [1.807, 2.05) is 6.07 Å². The lowest BCUT2D eigenvalue weighted by Gasteiger charge is -2.10. The highest BCUT2D eigenvalue weighted by Crippen LogP contribution is 2.26. The molecule has 1 unspecified atom stereocenters. The molecule has 0 aromatic heterocycles. The maximum atomic E-state index is 10.9. The summed E-state index contributed by atoms with van der Waals surface area (Å²) in [6.07, 6.45) is 0. The quantitative estimate of drug-likeness (QED) is 0.781. The lowest BCUT2D eigenvalue weighted by molar-refractivity contribution is 0.240. The van der Waals surface area contributed by atoms with Crippen molar-refractivity contribution in [2.24, 2.45) is 0 Å². The molecule has 16 heavy (non-hydrogen) atoms. The van der Waals surface area contributed by atoms with Crippen molar-refractivity contribution in [2.45, 2.75) is 5.44 Å². The summed E-state index contributed by atoms with van der Waals surface area (Å²) >= 11 is 0. The lowest BCUT2D eigenvalue weighted by Crippen LogP contribution is -2.11. The second-order valence-corrected chi connectivity index (χ2v) is 4.91. The standard InChI is InChI=1S/C11H10O4S/c12-11(16(13,14)15)10-7-3-5-8-4-1-2-6-9(8)10/h1-7,11-12H,(H,13,14,15). The number of benzene rings is 2. The minimum Gasteiger partial charge on any atom is -0.371 e. The van der Waals surface area contributed by atoms with Crippen molar-refractivity contribution in [1.29, 1.82) is 0 Å². The third-order valence-electron chi connectivity index (χ3n) is 2.37. The summed E-state index contributed by atoms with van der Waals surface area (Å²) in [6.45, 7) is 0. The maximum absolute atomic E-state index is 10.9. The molecule has 2 N–H and O–H groups in total. The van der Waals surface area contributed by atoms with Crippen molar-refractivity contribution >= 4 is 20.9 Å². The fourth-order valence-corrected chi connectivity index (χ4v) is 2.15. The summed E-state index contributed by atoms with van der Waals surface area (Å²) in [4.78, 5) is 0. The average Bonchev–Trinajstić information content (AvgIpc) is 2.26. The molecule has 0 saturated carbocycles. The molecule has 0 saturated heterocycles. The van der Waals surface area contributed by atoms with Crippen LogP contribution in [0.1, 0.15) is 11.0 Å². The first kappa shape index (κ1) is 11.1. The fraction of sp³-hybridized carbons (Fsp3) is 0.0909. The number of rotatable bonds is 2. The van der Waals surface area contributed by atoms with Gasteiger partial charge in [-0.15, -0.1) is 0 Å². The molecule has 0 spiro atoms. The first-order valence-corrected chi connectivity index (χ1v) is 6.12. The summed E-state index contributed by atoms with van der Waals surface area (Å²) in [5, 5.41) is 10.9. The van der Waals surface area contributed by atoms with E-state index >= 15 is 0 Å². The molecule has 5 heteroatoms. The van der Waals surface area contributed by atoms with E-state index in [1.165, 1.54) is 6.07 Å². The lowest BCUT2D eigenvalue weighted by atomic mass is 10.1. The highest BCUT2D eigenvalue weighted by molar-refractivity contribution is 7.85. The van der Waals surface area contributed by atoms with E-state index in [0.29, 0.717) is 5.39 Å². The van der Waals surface area contributed by atoms with Gasteiger partial charge in [-0.1, -0.05) is 42.5 Å². The van der Waals surface area contributed by atoms with Gasteiger partial charge in [0.05, 0.1) is 0 Å². The first-order chi connectivity index (χ1) is 7.50. The summed E-state index contributed by atoms with van der Waals surface area (Å²) in [5.74, 6) is 0. The number of aliphatic hydroxyl groups is 1. The van der Waals surface area contributed by atoms with Crippen molar-refractivity contribution in [1.82, 2.24) is 0 Å². The molecule has 0 amide bonds. The van der Waals surface area contributed by atoms with Crippen LogP contribution in [0.2, 0.25) is 0 Å². The van der Waals surface area contributed by atoms with Crippen LogP contribution >= 0.6 is 0 Å². The highest BCUT2D eigenvalue weighted by Gasteiger charge is 2.23. The molecule has 0 aliphatic rings.